The molecule has 0 spiro atoms. The standard InChI is InChI=1S/C14H19NO3S/c1-15(2)19(17,18)14-9-5-12(6-10-14)11-3-7-13(16)8-4-11/h5-6,9-11H,3-4,7-8H2,1-2H3. The molecule has 1 fully saturated rings. The molecule has 0 atom stereocenters. The van der Waals surface area contributed by atoms with Gasteiger partial charge >= 0.3 is 0 Å². The van der Waals surface area contributed by atoms with E-state index in [1.165, 1.54) is 18.4 Å². The van der Waals surface area contributed by atoms with Crippen molar-refractivity contribution in [2.45, 2.75) is 36.5 Å². The van der Waals surface area contributed by atoms with E-state index in [4.69, 9.17) is 0 Å². The first-order chi connectivity index (χ1) is 8.91. The molecule has 0 heterocycles. The lowest BCUT2D eigenvalue weighted by Crippen LogP contribution is -2.22. The average Bonchev–Trinajstić information content (AvgIpc) is 2.39. The summed E-state index contributed by atoms with van der Waals surface area (Å²) in [7, 11) is -0.306. The second kappa shape index (κ2) is 5.43. The van der Waals surface area contributed by atoms with Crippen molar-refractivity contribution < 1.29 is 13.2 Å². The molecule has 104 valence electrons. The van der Waals surface area contributed by atoms with Crippen molar-refractivity contribution in [1.29, 1.82) is 0 Å². The number of carbonyl (C=O) groups excluding carboxylic acids is 1. The Morgan fingerprint density at radius 3 is 2.05 bits per heavy atom. The molecule has 0 radical (unpaired) electrons. The molecule has 1 aliphatic carbocycles. The monoisotopic (exact) mass is 281 g/mol. The molecule has 0 unspecified atom stereocenters. The Balaban J connectivity index is 2.17. The molecule has 0 N–H and O–H groups in total. The Kier molecular flexibility index (Phi) is 4.06. The van der Waals surface area contributed by atoms with Gasteiger partial charge < -0.3 is 0 Å². The highest BCUT2D eigenvalue weighted by atomic mass is 32.2. The number of nitrogens with zero attached hydrogens (tertiary/aromatic N) is 1. The van der Waals surface area contributed by atoms with E-state index in [1.54, 1.807) is 12.1 Å². The Bertz CT molecular complexity index is 551. The van der Waals surface area contributed by atoms with E-state index < -0.39 is 10.0 Å². The van der Waals surface area contributed by atoms with Crippen molar-refractivity contribution in [2.24, 2.45) is 0 Å². The molecule has 0 saturated heterocycles. The third-order valence-electron chi connectivity index (χ3n) is 3.67. The van der Waals surface area contributed by atoms with E-state index in [-0.39, 0.29) is 0 Å². The van der Waals surface area contributed by atoms with Crippen LogP contribution in [0.1, 0.15) is 37.2 Å². The predicted molar refractivity (Wildman–Crippen MR) is 73.5 cm³/mol. The van der Waals surface area contributed by atoms with Crippen molar-refractivity contribution in [2.75, 3.05) is 14.1 Å². The number of hydrogen-bond donors (Lipinski definition) is 0. The van der Waals surface area contributed by atoms with Gasteiger partial charge in [-0.25, -0.2) is 12.7 Å². The second-order valence-electron chi connectivity index (χ2n) is 5.17. The van der Waals surface area contributed by atoms with Crippen LogP contribution in [0.4, 0.5) is 0 Å². The molecular weight excluding hydrogens is 262 g/mol. The molecular formula is C14H19NO3S. The average molecular weight is 281 g/mol. The summed E-state index contributed by atoms with van der Waals surface area (Å²) in [6.45, 7) is 0. The Morgan fingerprint density at radius 1 is 1.05 bits per heavy atom. The maximum absolute atomic E-state index is 11.9. The molecule has 1 aromatic rings. The summed E-state index contributed by atoms with van der Waals surface area (Å²) in [5.41, 5.74) is 1.13. The summed E-state index contributed by atoms with van der Waals surface area (Å²) < 4.78 is 25.1. The van der Waals surface area contributed by atoms with E-state index in [9.17, 15) is 13.2 Å². The van der Waals surface area contributed by atoms with E-state index in [2.05, 4.69) is 0 Å². The molecule has 0 amide bonds. The molecule has 19 heavy (non-hydrogen) atoms. The summed E-state index contributed by atoms with van der Waals surface area (Å²) in [5, 5.41) is 0. The Hall–Kier alpha value is -1.20. The Labute approximate surface area is 114 Å². The molecule has 0 bridgehead atoms. The van der Waals surface area contributed by atoms with E-state index in [0.29, 0.717) is 29.4 Å². The van der Waals surface area contributed by atoms with Crippen LogP contribution in [0, 0.1) is 0 Å². The van der Waals surface area contributed by atoms with Crippen molar-refractivity contribution in [3.05, 3.63) is 29.8 Å². The normalized spacial score (nSPS) is 17.9. The minimum absolute atomic E-state index is 0.313. The molecule has 0 aliphatic heterocycles. The molecule has 0 aromatic heterocycles. The van der Waals surface area contributed by atoms with Crippen LogP contribution < -0.4 is 0 Å². The minimum atomic E-state index is -3.35. The maximum Gasteiger partial charge on any atom is 0.242 e. The zero-order chi connectivity index (χ0) is 14.0. The number of hydrogen-bond acceptors (Lipinski definition) is 3. The van der Waals surface area contributed by atoms with Gasteiger partial charge in [-0.2, -0.15) is 0 Å². The van der Waals surface area contributed by atoms with E-state index >= 15 is 0 Å². The van der Waals surface area contributed by atoms with Gasteiger partial charge in [-0.05, 0) is 36.5 Å². The van der Waals surface area contributed by atoms with Crippen molar-refractivity contribution in [1.82, 2.24) is 4.31 Å². The smallest absolute Gasteiger partial charge is 0.242 e. The first kappa shape index (κ1) is 14.2. The van der Waals surface area contributed by atoms with Crippen LogP contribution in [-0.4, -0.2) is 32.6 Å². The lowest BCUT2D eigenvalue weighted by Gasteiger charge is -2.21. The minimum Gasteiger partial charge on any atom is -0.300 e. The Morgan fingerprint density at radius 2 is 1.58 bits per heavy atom. The second-order valence-corrected chi connectivity index (χ2v) is 7.32. The zero-order valence-electron chi connectivity index (χ0n) is 11.3. The van der Waals surface area contributed by atoms with Crippen LogP contribution in [0.3, 0.4) is 0 Å². The third kappa shape index (κ3) is 3.04. The van der Waals surface area contributed by atoms with Crippen LogP contribution in [0.2, 0.25) is 0 Å². The molecule has 1 saturated carbocycles. The van der Waals surface area contributed by atoms with Crippen LogP contribution in [0.25, 0.3) is 0 Å². The number of Topliss-reactive ketones (excluding diaryl/α,β-unsaturated/α-hetero) is 1. The van der Waals surface area contributed by atoms with Crippen LogP contribution in [-0.2, 0) is 14.8 Å². The van der Waals surface area contributed by atoms with Gasteiger partial charge in [0.2, 0.25) is 10.0 Å². The summed E-state index contributed by atoms with van der Waals surface area (Å²) >= 11 is 0. The highest BCUT2D eigenvalue weighted by Gasteiger charge is 2.21. The predicted octanol–water partition coefficient (Wildman–Crippen LogP) is 2.16. The molecule has 4 nitrogen and oxygen atoms in total. The highest BCUT2D eigenvalue weighted by molar-refractivity contribution is 7.89. The van der Waals surface area contributed by atoms with E-state index in [0.717, 1.165) is 18.4 Å². The zero-order valence-corrected chi connectivity index (χ0v) is 12.1. The van der Waals surface area contributed by atoms with Crippen LogP contribution in [0.5, 0.6) is 0 Å². The quantitative estimate of drug-likeness (QED) is 0.853. The fraction of sp³-hybridized carbons (Fsp3) is 0.500. The largest absolute Gasteiger partial charge is 0.300 e. The fourth-order valence-electron chi connectivity index (χ4n) is 2.40. The van der Waals surface area contributed by atoms with E-state index in [1.807, 2.05) is 12.1 Å². The van der Waals surface area contributed by atoms with Gasteiger partial charge in [0.15, 0.2) is 0 Å². The van der Waals surface area contributed by atoms with Gasteiger partial charge in [0, 0.05) is 26.9 Å². The summed E-state index contributed by atoms with van der Waals surface area (Å²) in [4.78, 5) is 11.5. The van der Waals surface area contributed by atoms with Gasteiger partial charge in [0.25, 0.3) is 0 Å². The SMILES string of the molecule is CN(C)S(=O)(=O)c1ccc(C2CCC(=O)CC2)cc1. The van der Waals surface area contributed by atoms with Gasteiger partial charge in [-0.3, -0.25) is 4.79 Å². The summed E-state index contributed by atoms with van der Waals surface area (Å²) in [6.07, 6.45) is 3.03. The number of carbonyl (C=O) groups is 1. The number of rotatable bonds is 3. The highest BCUT2D eigenvalue weighted by Crippen LogP contribution is 2.31. The van der Waals surface area contributed by atoms with Gasteiger partial charge in [0.05, 0.1) is 4.90 Å². The summed E-state index contributed by atoms with van der Waals surface area (Å²) in [6, 6.07) is 7.05. The topological polar surface area (TPSA) is 54.5 Å². The van der Waals surface area contributed by atoms with Crippen LogP contribution in [0.15, 0.2) is 29.2 Å². The fourth-order valence-corrected chi connectivity index (χ4v) is 3.30. The first-order valence-corrected chi connectivity index (χ1v) is 7.89. The lowest BCUT2D eigenvalue weighted by atomic mass is 9.83. The molecule has 1 aliphatic rings. The third-order valence-corrected chi connectivity index (χ3v) is 5.50. The molecule has 1 aromatic carbocycles. The number of benzene rings is 1. The van der Waals surface area contributed by atoms with Crippen molar-refractivity contribution in [3.63, 3.8) is 0 Å². The van der Waals surface area contributed by atoms with Crippen molar-refractivity contribution in [3.8, 4) is 0 Å². The van der Waals surface area contributed by atoms with Crippen LogP contribution >= 0.6 is 0 Å². The van der Waals surface area contributed by atoms with Gasteiger partial charge in [0.1, 0.15) is 5.78 Å². The number of sulfonamides is 1. The lowest BCUT2D eigenvalue weighted by molar-refractivity contribution is -0.120. The maximum atomic E-state index is 11.9. The molecule has 5 heteroatoms. The first-order valence-electron chi connectivity index (χ1n) is 6.45. The number of ketones is 1. The van der Waals surface area contributed by atoms with Crippen molar-refractivity contribution >= 4 is 15.8 Å². The molecule has 2 rings (SSSR count). The van der Waals surface area contributed by atoms with Gasteiger partial charge in [-0.15, -0.1) is 0 Å². The van der Waals surface area contributed by atoms with Gasteiger partial charge in [-0.1, -0.05) is 12.1 Å². The summed E-state index contributed by atoms with van der Waals surface area (Å²) in [5.74, 6) is 0.719.